The van der Waals surface area contributed by atoms with Crippen LogP contribution in [0.15, 0.2) is 89.3 Å². The fourth-order valence-electron chi connectivity index (χ4n) is 3.54. The Hall–Kier alpha value is -3.93. The number of benzene rings is 3. The number of aromatic nitrogens is 2. The van der Waals surface area contributed by atoms with Gasteiger partial charge in [0.1, 0.15) is 11.5 Å². The van der Waals surface area contributed by atoms with Gasteiger partial charge >= 0.3 is 0 Å². The third-order valence-corrected chi connectivity index (χ3v) is 5.06. The van der Waals surface area contributed by atoms with Gasteiger partial charge in [-0.25, -0.2) is 0 Å². The minimum atomic E-state index is -0.122. The van der Waals surface area contributed by atoms with Crippen molar-refractivity contribution < 1.29 is 13.9 Å². The maximum absolute atomic E-state index is 12.6. The number of anilines is 1. The van der Waals surface area contributed by atoms with Gasteiger partial charge in [0, 0.05) is 24.2 Å². The van der Waals surface area contributed by atoms with E-state index in [1.165, 1.54) is 0 Å². The second kappa shape index (κ2) is 7.83. The Balaban J connectivity index is 1.29. The summed E-state index contributed by atoms with van der Waals surface area (Å²) < 4.78 is 11.7. The molecule has 0 bridgehead atoms. The predicted octanol–water partition coefficient (Wildman–Crippen LogP) is 5.05. The summed E-state index contributed by atoms with van der Waals surface area (Å²) in [6, 6.07) is 26.7. The standard InChI is InChI=1S/C24H19N3O3/c28-22-15-18(24-26-25-23(30-24)17-7-3-1-4-8-17)16-27(22)19-11-13-21(14-12-19)29-20-9-5-2-6-10-20/h1-14,18H,15-16H2. The van der Waals surface area contributed by atoms with Crippen LogP contribution in [0, 0.1) is 0 Å². The van der Waals surface area contributed by atoms with Crippen LogP contribution in [0.25, 0.3) is 11.5 Å². The van der Waals surface area contributed by atoms with Gasteiger partial charge in [-0.2, -0.15) is 0 Å². The van der Waals surface area contributed by atoms with Gasteiger partial charge < -0.3 is 14.1 Å². The van der Waals surface area contributed by atoms with E-state index in [-0.39, 0.29) is 11.8 Å². The van der Waals surface area contributed by atoms with Gasteiger partial charge in [0.25, 0.3) is 0 Å². The molecule has 6 nitrogen and oxygen atoms in total. The number of rotatable bonds is 5. The Morgan fingerprint density at radius 1 is 0.833 bits per heavy atom. The van der Waals surface area contributed by atoms with Crippen LogP contribution >= 0.6 is 0 Å². The van der Waals surface area contributed by atoms with Gasteiger partial charge in [-0.1, -0.05) is 36.4 Å². The van der Waals surface area contributed by atoms with Crippen molar-refractivity contribution in [2.24, 2.45) is 0 Å². The Morgan fingerprint density at radius 3 is 2.23 bits per heavy atom. The fourth-order valence-corrected chi connectivity index (χ4v) is 3.54. The van der Waals surface area contributed by atoms with Crippen LogP contribution < -0.4 is 9.64 Å². The Morgan fingerprint density at radius 2 is 1.50 bits per heavy atom. The van der Waals surface area contributed by atoms with Crippen molar-refractivity contribution in [1.82, 2.24) is 10.2 Å². The van der Waals surface area contributed by atoms with Gasteiger partial charge in [-0.15, -0.1) is 10.2 Å². The highest BCUT2D eigenvalue weighted by Crippen LogP contribution is 2.33. The first-order chi connectivity index (χ1) is 14.8. The van der Waals surface area contributed by atoms with Crippen molar-refractivity contribution in [2.45, 2.75) is 12.3 Å². The molecule has 1 aromatic heterocycles. The number of ether oxygens (including phenoxy) is 1. The van der Waals surface area contributed by atoms with E-state index in [1.54, 1.807) is 4.90 Å². The summed E-state index contributed by atoms with van der Waals surface area (Å²) in [5, 5.41) is 8.32. The topological polar surface area (TPSA) is 68.5 Å². The molecule has 4 aromatic rings. The third kappa shape index (κ3) is 3.67. The highest BCUT2D eigenvalue weighted by atomic mass is 16.5. The molecule has 6 heteroatoms. The van der Waals surface area contributed by atoms with Crippen LogP contribution in [0.4, 0.5) is 5.69 Å². The molecule has 1 saturated heterocycles. The van der Waals surface area contributed by atoms with E-state index in [0.717, 1.165) is 22.7 Å². The SMILES string of the molecule is O=C1CC(c2nnc(-c3ccccc3)o2)CN1c1ccc(Oc2ccccc2)cc1. The largest absolute Gasteiger partial charge is 0.457 e. The predicted molar refractivity (Wildman–Crippen MR) is 112 cm³/mol. The minimum Gasteiger partial charge on any atom is -0.457 e. The van der Waals surface area contributed by atoms with Crippen LogP contribution in [0.3, 0.4) is 0 Å². The van der Waals surface area contributed by atoms with E-state index in [1.807, 2.05) is 84.9 Å². The molecule has 1 fully saturated rings. The smallest absolute Gasteiger partial charge is 0.247 e. The monoisotopic (exact) mass is 397 g/mol. The summed E-state index contributed by atoms with van der Waals surface area (Å²) in [6.07, 6.45) is 0.346. The molecule has 0 aliphatic carbocycles. The molecule has 0 radical (unpaired) electrons. The number of para-hydroxylation sites is 1. The molecule has 1 aliphatic heterocycles. The molecule has 0 spiro atoms. The summed E-state index contributed by atoms with van der Waals surface area (Å²) in [6.45, 7) is 0.508. The summed E-state index contributed by atoms with van der Waals surface area (Å²) in [4.78, 5) is 14.4. The maximum Gasteiger partial charge on any atom is 0.247 e. The first kappa shape index (κ1) is 18.1. The summed E-state index contributed by atoms with van der Waals surface area (Å²) in [7, 11) is 0. The normalized spacial score (nSPS) is 16.1. The van der Waals surface area contributed by atoms with Crippen molar-refractivity contribution in [2.75, 3.05) is 11.4 Å². The first-order valence-corrected chi connectivity index (χ1v) is 9.78. The lowest BCUT2D eigenvalue weighted by molar-refractivity contribution is -0.117. The zero-order chi connectivity index (χ0) is 20.3. The van der Waals surface area contributed by atoms with E-state index in [4.69, 9.17) is 9.15 Å². The van der Waals surface area contributed by atoms with Crippen molar-refractivity contribution in [3.8, 4) is 23.0 Å². The molecular weight excluding hydrogens is 378 g/mol. The van der Waals surface area contributed by atoms with Crippen molar-refractivity contribution in [3.63, 3.8) is 0 Å². The first-order valence-electron chi connectivity index (χ1n) is 9.78. The number of amides is 1. The van der Waals surface area contributed by atoms with E-state index in [0.29, 0.717) is 24.7 Å². The van der Waals surface area contributed by atoms with Gasteiger partial charge in [-0.05, 0) is 48.5 Å². The van der Waals surface area contributed by atoms with E-state index in [9.17, 15) is 4.79 Å². The second-order valence-electron chi connectivity index (χ2n) is 7.13. The Bertz CT molecular complexity index is 1140. The molecule has 1 atom stereocenters. The molecule has 3 aromatic carbocycles. The van der Waals surface area contributed by atoms with Crippen LogP contribution in [0.2, 0.25) is 0 Å². The molecule has 5 rings (SSSR count). The molecule has 0 N–H and O–H groups in total. The van der Waals surface area contributed by atoms with Crippen LogP contribution in [0.5, 0.6) is 11.5 Å². The number of carbonyl (C=O) groups excluding carboxylic acids is 1. The third-order valence-electron chi connectivity index (χ3n) is 5.06. The van der Waals surface area contributed by atoms with E-state index < -0.39 is 0 Å². The molecule has 2 heterocycles. The molecule has 148 valence electrons. The number of hydrogen-bond donors (Lipinski definition) is 0. The molecule has 1 unspecified atom stereocenters. The minimum absolute atomic E-state index is 0.0381. The summed E-state index contributed by atoms with van der Waals surface area (Å²) in [5.41, 5.74) is 1.69. The van der Waals surface area contributed by atoms with Gasteiger partial charge in [0.05, 0.1) is 5.92 Å². The Kier molecular flexibility index (Phi) is 4.73. The second-order valence-corrected chi connectivity index (χ2v) is 7.13. The quantitative estimate of drug-likeness (QED) is 0.471. The zero-order valence-electron chi connectivity index (χ0n) is 16.1. The maximum atomic E-state index is 12.6. The number of nitrogens with zero attached hydrogens (tertiary/aromatic N) is 3. The van der Waals surface area contributed by atoms with Gasteiger partial charge in [0.15, 0.2) is 0 Å². The van der Waals surface area contributed by atoms with Crippen LogP contribution in [0.1, 0.15) is 18.2 Å². The van der Waals surface area contributed by atoms with Crippen LogP contribution in [-0.4, -0.2) is 22.6 Å². The molecule has 0 saturated carbocycles. The highest BCUT2D eigenvalue weighted by Gasteiger charge is 2.35. The number of hydrogen-bond acceptors (Lipinski definition) is 5. The summed E-state index contributed by atoms with van der Waals surface area (Å²) >= 11 is 0. The average Bonchev–Trinajstić information content (AvgIpc) is 3.43. The molecule has 30 heavy (non-hydrogen) atoms. The lowest BCUT2D eigenvalue weighted by Crippen LogP contribution is -2.24. The highest BCUT2D eigenvalue weighted by molar-refractivity contribution is 5.96. The van der Waals surface area contributed by atoms with Crippen molar-refractivity contribution in [3.05, 3.63) is 90.8 Å². The molecule has 1 amide bonds. The molecule has 1 aliphatic rings. The number of carbonyl (C=O) groups is 1. The van der Waals surface area contributed by atoms with Gasteiger partial charge in [-0.3, -0.25) is 4.79 Å². The Labute approximate surface area is 173 Å². The lowest BCUT2D eigenvalue weighted by atomic mass is 10.1. The summed E-state index contributed by atoms with van der Waals surface area (Å²) in [5.74, 6) is 2.37. The van der Waals surface area contributed by atoms with Gasteiger partial charge in [0.2, 0.25) is 17.7 Å². The van der Waals surface area contributed by atoms with E-state index >= 15 is 0 Å². The zero-order valence-corrected chi connectivity index (χ0v) is 16.1. The van der Waals surface area contributed by atoms with Crippen molar-refractivity contribution >= 4 is 11.6 Å². The molecular formula is C24H19N3O3. The van der Waals surface area contributed by atoms with Crippen LogP contribution in [-0.2, 0) is 4.79 Å². The fraction of sp³-hybridized carbons (Fsp3) is 0.125. The van der Waals surface area contributed by atoms with E-state index in [2.05, 4.69) is 10.2 Å². The lowest BCUT2D eigenvalue weighted by Gasteiger charge is -2.16. The van der Waals surface area contributed by atoms with Crippen molar-refractivity contribution in [1.29, 1.82) is 0 Å². The average molecular weight is 397 g/mol.